The molecule has 6 aromatic carbocycles. The number of ketones is 2. The van der Waals surface area contributed by atoms with Crippen LogP contribution in [0.2, 0.25) is 0 Å². The quantitative estimate of drug-likeness (QED) is 0.0193. The maximum Gasteiger partial charge on any atom is 0.338 e. The van der Waals surface area contributed by atoms with Gasteiger partial charge in [-0.1, -0.05) is 86.1 Å². The first-order chi connectivity index (χ1) is 65.9. The molecule has 0 saturated heterocycles. The molecule has 1 N–H and O–H groups in total. The molecule has 15 aliphatic rings. The third kappa shape index (κ3) is 16.8. The zero-order chi connectivity index (χ0) is 99.9. The van der Waals surface area contributed by atoms with Crippen molar-refractivity contribution in [3.8, 4) is 0 Å². The monoisotopic (exact) mass is 1900 g/mol. The van der Waals surface area contributed by atoms with E-state index in [4.69, 9.17) is 28.4 Å². The molecule has 0 heterocycles. The molecule has 19 atom stereocenters. The number of nitro groups is 6. The summed E-state index contributed by atoms with van der Waals surface area (Å²) in [6, 6.07) is 31.5. The summed E-state index contributed by atoms with van der Waals surface area (Å²) in [7, 11) is 0. The first-order valence-electron chi connectivity index (χ1n) is 47.0. The van der Waals surface area contributed by atoms with E-state index in [9.17, 15) is 104 Å². The number of esters is 6. The smallest absolute Gasteiger partial charge is 0.338 e. The number of hydrogen-bond acceptors (Lipinski definition) is 27. The summed E-state index contributed by atoms with van der Waals surface area (Å²) < 4.78 is 35.8. The maximum atomic E-state index is 14.5. The fourth-order valence-corrected chi connectivity index (χ4v) is 28.0. The number of Topliss-reactive ketones (excluding diaryl/α,β-unsaturated/α-hetero) is 2. The number of non-ortho nitro benzene ring substituents is 6. The van der Waals surface area contributed by atoms with Gasteiger partial charge in [-0.25, -0.2) is 28.8 Å². The predicted molar refractivity (Wildman–Crippen MR) is 503 cm³/mol. The van der Waals surface area contributed by atoms with Gasteiger partial charge in [0.2, 0.25) is 0 Å². The number of hydrogen-bond donors (Lipinski definition) is 1. The van der Waals surface area contributed by atoms with Crippen LogP contribution in [0.15, 0.2) is 231 Å². The standard InChI is InChI=1S/C36H36N2O9.C35H38N2O9.C35H36N2O9/c1-21-23(3)36-17-14-26(21)18-29(36)35(20-47-33(41)25-8-12-28(13-9-25)38(44)45)16-5-15-34(4,30(35)22(2)31(36)39)19-46-32(40)24-6-10-27(11-7-24)37(42)43;2*1-21-22(2)35-16-13-25(21)17-29(35)34(20-46-32(40)24-7-11-27(12-8-24)37(43)44)15-4-14-33(3,28(34)18-30(35)38)19-45-31(39)23-5-9-26(10-6-23)36(41)42/h6-13,26,29-30H,1-3,5,14-20H2,4H3;5-12,25,28-30,38H,1-2,4,13-20H2,3H3;5-12,25,28-29H,1-2,4,13-20H2,3H3/t26-,29?,30?,34-,35+,36+;25-,28?,29?,30+,33-,34-,35+;25-,28?,29?,33-,34-,35+/m000/s1. The van der Waals surface area contributed by atoms with Gasteiger partial charge in [-0.2, -0.15) is 0 Å². The number of nitrogens with zero attached hydrogens (tertiary/aromatic N) is 6. The molecule has 0 aliphatic heterocycles. The summed E-state index contributed by atoms with van der Waals surface area (Å²) in [5.41, 5.74) is -0.175. The van der Waals surface area contributed by atoms with Crippen LogP contribution in [0.25, 0.3) is 0 Å². The van der Waals surface area contributed by atoms with Crippen LogP contribution in [-0.2, 0) is 38.0 Å². The Morgan fingerprint density at radius 3 is 0.957 bits per heavy atom. The van der Waals surface area contributed by atoms with Crippen LogP contribution in [0.1, 0.15) is 211 Å². The van der Waals surface area contributed by atoms with Crippen molar-refractivity contribution >= 4 is 81.5 Å². The highest BCUT2D eigenvalue weighted by molar-refractivity contribution is 6.05. The number of rotatable bonds is 24. The Morgan fingerprint density at radius 1 is 0.324 bits per heavy atom. The molecule has 15 saturated carbocycles. The van der Waals surface area contributed by atoms with Crippen LogP contribution < -0.4 is 0 Å². The van der Waals surface area contributed by atoms with Crippen LogP contribution in [0.3, 0.4) is 0 Å². The fourth-order valence-electron chi connectivity index (χ4n) is 28.0. The van der Waals surface area contributed by atoms with Gasteiger partial charge in [0.05, 0.1) is 119 Å². The zero-order valence-electron chi connectivity index (χ0n) is 77.7. The van der Waals surface area contributed by atoms with Gasteiger partial charge in [0.1, 0.15) is 5.78 Å². The number of carbonyl (C=O) groups is 8. The summed E-state index contributed by atoms with van der Waals surface area (Å²) in [6.07, 6.45) is 13.2. The first-order valence-corrected chi connectivity index (χ1v) is 47.0. The molecule has 33 nitrogen and oxygen atoms in total. The Bertz CT molecular complexity index is 6210. The molecule has 139 heavy (non-hydrogen) atoms. The average Bonchev–Trinajstić information content (AvgIpc) is 0.668. The van der Waals surface area contributed by atoms with Crippen LogP contribution in [0.5, 0.6) is 0 Å². The van der Waals surface area contributed by atoms with E-state index in [1.54, 1.807) is 0 Å². The van der Waals surface area contributed by atoms with E-state index in [0.717, 1.165) is 97.6 Å². The minimum atomic E-state index is -0.910. The molecule has 0 radical (unpaired) electrons. The third-order valence-electron chi connectivity index (χ3n) is 34.8. The molecule has 726 valence electrons. The van der Waals surface area contributed by atoms with Crippen LogP contribution in [0, 0.1) is 163 Å². The molecule has 0 aromatic heterocycles. The van der Waals surface area contributed by atoms with Crippen molar-refractivity contribution < 1.29 is 101 Å². The summed E-state index contributed by atoms with van der Waals surface area (Å²) in [4.78, 5) is 172. The van der Waals surface area contributed by atoms with Crippen molar-refractivity contribution in [1.82, 2.24) is 0 Å². The van der Waals surface area contributed by atoms with E-state index in [0.29, 0.717) is 63.4 Å². The van der Waals surface area contributed by atoms with Gasteiger partial charge >= 0.3 is 35.8 Å². The lowest BCUT2D eigenvalue weighted by Crippen LogP contribution is -2.68. The van der Waals surface area contributed by atoms with Crippen molar-refractivity contribution in [2.75, 3.05) is 39.6 Å². The van der Waals surface area contributed by atoms with E-state index < -0.39 is 126 Å². The molecule has 6 unspecified atom stereocenters. The highest BCUT2D eigenvalue weighted by Crippen LogP contribution is 2.77. The zero-order valence-corrected chi connectivity index (χ0v) is 77.7. The third-order valence-corrected chi connectivity index (χ3v) is 34.8. The fraction of sp³-hybridized carbons (Fsp3) is 0.453. The lowest BCUT2D eigenvalue weighted by Gasteiger charge is -2.70. The van der Waals surface area contributed by atoms with Crippen LogP contribution >= 0.6 is 0 Å². The second kappa shape index (κ2) is 37.1. The highest BCUT2D eigenvalue weighted by Gasteiger charge is 2.75. The van der Waals surface area contributed by atoms with Crippen molar-refractivity contribution in [3.63, 3.8) is 0 Å². The maximum absolute atomic E-state index is 14.5. The average molecular weight is 1900 g/mol. The van der Waals surface area contributed by atoms with Crippen molar-refractivity contribution in [3.05, 3.63) is 325 Å². The summed E-state index contributed by atoms with van der Waals surface area (Å²) in [6.45, 7) is 36.7. The lowest BCUT2D eigenvalue weighted by atomic mass is 9.34. The SMILES string of the molecule is C=C1C(=C)[C@]23CC[C@H]1CC2[C@]1(COC(=O)c2ccc([N+](=O)[O-])cc2)CCC[C@@](C)(COC(=O)c2ccc([N+](=O)[O-])cc2)C1CC3=O.C=C1C(=C)[C@]23CC[C@H]1CC2[C@]1(COC(=O)c2ccc([N+](=O)[O-])cc2)CCC[C@@](C)(COC(=O)c2ccc([N+](=O)[O-])cc2)C1C[C@H]3O.C=C1C(=O)[C@@]23CC[C@@H](CC2[C@]2(COC(=O)c4ccc([N+](=O)[O-])cc4)CCC[C@@](C)(COC(=O)c4ccc([N+](=O)[O-])cc4)C12)C(=C)C3=C. The Labute approximate surface area is 800 Å². The number of benzene rings is 6. The molecular formula is C106H110N6O27. The molecule has 3 spiro atoms. The number of aliphatic hydroxyl groups excluding tert-OH is 1. The molecule has 0 amide bonds. The second-order valence-corrected chi connectivity index (χ2v) is 41.3. The molecular weight excluding hydrogens is 1790 g/mol. The Morgan fingerprint density at radius 2 is 0.597 bits per heavy atom. The van der Waals surface area contributed by atoms with Gasteiger partial charge in [0, 0.05) is 123 Å². The highest BCUT2D eigenvalue weighted by atomic mass is 16.7. The van der Waals surface area contributed by atoms with Gasteiger partial charge < -0.3 is 33.5 Å². The number of carbonyl (C=O) groups excluding carboxylic acids is 8. The van der Waals surface area contributed by atoms with Crippen molar-refractivity contribution in [1.29, 1.82) is 0 Å². The number of aliphatic hydroxyl groups is 1. The molecule has 6 bridgehead atoms. The van der Waals surface area contributed by atoms with Gasteiger partial charge in [-0.15, -0.1) is 0 Å². The second-order valence-electron chi connectivity index (χ2n) is 41.3. The predicted octanol–water partition coefficient (Wildman–Crippen LogP) is 20.4. The largest absolute Gasteiger partial charge is 0.462 e. The van der Waals surface area contributed by atoms with E-state index in [1.807, 2.05) is 13.8 Å². The van der Waals surface area contributed by atoms with Crippen LogP contribution in [0.4, 0.5) is 34.1 Å². The van der Waals surface area contributed by atoms with E-state index in [-0.39, 0.29) is 172 Å². The molecule has 15 aliphatic carbocycles. The number of fused-ring (bicyclic) bond motifs is 9. The lowest BCUT2D eigenvalue weighted by molar-refractivity contribution is -0.385. The molecule has 33 heteroatoms. The Hall–Kier alpha value is -14.0. The number of nitro benzene ring substituents is 6. The normalized spacial score (nSPS) is 31.8. The summed E-state index contributed by atoms with van der Waals surface area (Å²) >= 11 is 0. The first kappa shape index (κ1) is 98.1. The minimum Gasteiger partial charge on any atom is -0.462 e. The molecule has 21 rings (SSSR count). The van der Waals surface area contributed by atoms with Crippen molar-refractivity contribution in [2.45, 2.75) is 155 Å². The van der Waals surface area contributed by atoms with E-state index in [1.165, 1.54) is 146 Å². The van der Waals surface area contributed by atoms with Gasteiger partial charge in [-0.05, 0) is 262 Å². The van der Waals surface area contributed by atoms with Crippen molar-refractivity contribution in [2.24, 2.45) is 102 Å². The van der Waals surface area contributed by atoms with Crippen LogP contribution in [-0.4, -0.2) is 128 Å². The topological polar surface area (TPSA) is 471 Å². The van der Waals surface area contributed by atoms with E-state index in [2.05, 4.69) is 53.0 Å². The Kier molecular flexibility index (Phi) is 26.2. The number of ether oxygens (including phenoxy) is 6. The number of allylic oxidation sites excluding steroid dienone is 6. The van der Waals surface area contributed by atoms with Gasteiger partial charge in [0.25, 0.3) is 34.1 Å². The summed E-state index contributed by atoms with van der Waals surface area (Å²) in [5.74, 6) is -4.43. The minimum absolute atomic E-state index is 0.0232. The molecule has 15 fully saturated rings. The Balaban J connectivity index is 0.000000151. The molecule has 6 aromatic rings. The van der Waals surface area contributed by atoms with Gasteiger partial charge in [-0.3, -0.25) is 70.3 Å². The van der Waals surface area contributed by atoms with Gasteiger partial charge in [0.15, 0.2) is 5.78 Å². The summed E-state index contributed by atoms with van der Waals surface area (Å²) in [5, 5.41) is 78.5. The van der Waals surface area contributed by atoms with E-state index >= 15 is 0 Å².